The SMILES string of the molecule is Cc1cc(I)cc(C(=O)NN(C)C(=O)[O-])c1NC(=O)c1cc(Cn2cc(C(F)(F)F)nn2)nn1-c1ncccc1Cl. The largest absolute Gasteiger partial charge is 0.529 e. The molecule has 4 rings (SSSR count). The number of amides is 3. The molecular formula is C23H17ClF3IN9O4-. The smallest absolute Gasteiger partial charge is 0.436 e. The molecule has 0 aliphatic heterocycles. The van der Waals surface area contributed by atoms with Crippen molar-refractivity contribution in [1.82, 2.24) is 40.2 Å². The molecular weight excluding hydrogens is 686 g/mol. The summed E-state index contributed by atoms with van der Waals surface area (Å²) in [5.41, 5.74) is 1.39. The predicted octanol–water partition coefficient (Wildman–Crippen LogP) is 2.66. The van der Waals surface area contributed by atoms with E-state index in [4.69, 9.17) is 11.6 Å². The van der Waals surface area contributed by atoms with E-state index in [1.807, 2.05) is 22.6 Å². The minimum Gasteiger partial charge on any atom is -0.529 e. The maximum atomic E-state index is 13.6. The van der Waals surface area contributed by atoms with Crippen molar-refractivity contribution in [3.63, 3.8) is 0 Å². The molecule has 1 aromatic carbocycles. The predicted molar refractivity (Wildman–Crippen MR) is 143 cm³/mol. The minimum absolute atomic E-state index is 0.0491. The van der Waals surface area contributed by atoms with Gasteiger partial charge in [0.25, 0.3) is 11.8 Å². The van der Waals surface area contributed by atoms with Crippen LogP contribution in [-0.2, 0) is 12.7 Å². The van der Waals surface area contributed by atoms with Crippen molar-refractivity contribution in [3.8, 4) is 5.82 Å². The molecule has 0 bridgehead atoms. The Morgan fingerprint density at radius 3 is 2.56 bits per heavy atom. The third kappa shape index (κ3) is 6.73. The van der Waals surface area contributed by atoms with Gasteiger partial charge in [0.2, 0.25) is 0 Å². The van der Waals surface area contributed by atoms with Crippen LogP contribution in [-0.4, -0.2) is 59.7 Å². The molecule has 0 spiro atoms. The van der Waals surface area contributed by atoms with Crippen molar-refractivity contribution in [2.24, 2.45) is 0 Å². The number of alkyl halides is 3. The van der Waals surface area contributed by atoms with Crippen LogP contribution < -0.4 is 15.8 Å². The Kier molecular flexibility index (Phi) is 8.47. The lowest BCUT2D eigenvalue weighted by atomic mass is 10.1. The molecule has 3 amide bonds. The Hall–Kier alpha value is -4.26. The zero-order chi connectivity index (χ0) is 30.1. The summed E-state index contributed by atoms with van der Waals surface area (Å²) in [7, 11) is 1.07. The van der Waals surface area contributed by atoms with Crippen molar-refractivity contribution in [2.75, 3.05) is 12.4 Å². The molecule has 0 radical (unpaired) electrons. The number of benzene rings is 1. The average molecular weight is 703 g/mol. The van der Waals surface area contributed by atoms with Gasteiger partial charge in [-0.1, -0.05) is 16.8 Å². The highest BCUT2D eigenvalue weighted by atomic mass is 127. The van der Waals surface area contributed by atoms with Crippen LogP contribution in [0.3, 0.4) is 0 Å². The highest BCUT2D eigenvalue weighted by Crippen LogP contribution is 2.28. The summed E-state index contributed by atoms with van der Waals surface area (Å²) >= 11 is 8.24. The summed E-state index contributed by atoms with van der Waals surface area (Å²) in [5, 5.41) is 25.1. The van der Waals surface area contributed by atoms with Gasteiger partial charge in [-0.2, -0.15) is 18.3 Å². The number of nitrogens with zero attached hydrogens (tertiary/aromatic N) is 7. The summed E-state index contributed by atoms with van der Waals surface area (Å²) in [5.74, 6) is -1.58. The van der Waals surface area contributed by atoms with Crippen LogP contribution in [0.15, 0.2) is 42.7 Å². The van der Waals surface area contributed by atoms with Gasteiger partial charge in [0.05, 0.1) is 34.7 Å². The number of aryl methyl sites for hydroxylation is 1. The van der Waals surface area contributed by atoms with Crippen LogP contribution in [0.5, 0.6) is 0 Å². The molecule has 3 aromatic heterocycles. The number of hydrogen-bond acceptors (Lipinski definition) is 8. The van der Waals surface area contributed by atoms with Gasteiger partial charge in [-0.05, 0) is 65.4 Å². The van der Waals surface area contributed by atoms with Crippen LogP contribution >= 0.6 is 34.2 Å². The van der Waals surface area contributed by atoms with Gasteiger partial charge in [-0.25, -0.2) is 14.3 Å². The Labute approximate surface area is 247 Å². The van der Waals surface area contributed by atoms with E-state index in [-0.39, 0.29) is 40.0 Å². The maximum Gasteiger partial charge on any atom is 0.436 e. The fraction of sp³-hybridized carbons (Fsp3) is 0.174. The van der Waals surface area contributed by atoms with Gasteiger partial charge in [0.1, 0.15) is 5.69 Å². The molecule has 13 nitrogen and oxygen atoms in total. The molecule has 0 aliphatic carbocycles. The molecule has 18 heteroatoms. The third-order valence-corrected chi connectivity index (χ3v) is 6.33. The molecule has 4 aromatic rings. The zero-order valence-electron chi connectivity index (χ0n) is 20.9. The van der Waals surface area contributed by atoms with Crippen LogP contribution in [0.2, 0.25) is 5.02 Å². The number of hydrazine groups is 1. The van der Waals surface area contributed by atoms with E-state index in [2.05, 4.69) is 31.1 Å². The van der Waals surface area contributed by atoms with E-state index in [1.54, 1.807) is 19.1 Å². The molecule has 214 valence electrons. The summed E-state index contributed by atoms with van der Waals surface area (Å²) in [6.07, 6.45) is -4.27. The molecule has 41 heavy (non-hydrogen) atoms. The standard InChI is InChI=1S/C23H18ClF3IN9O4/c1-11-6-12(28)7-14(20(38)33-35(2)22(40)41)18(11)30-21(39)16-8-13(9-36-10-17(31-34-36)23(25,26)27)32-37(16)19-15(24)4-3-5-29-19/h3-8,10H,9H2,1-2H3,(H,30,39)(H,33,38)(H,40,41)/p-1. The first-order valence-corrected chi connectivity index (χ1v) is 12.7. The number of carbonyl (C=O) groups is 3. The van der Waals surface area contributed by atoms with Crippen molar-refractivity contribution in [2.45, 2.75) is 19.6 Å². The van der Waals surface area contributed by atoms with Crippen molar-refractivity contribution in [1.29, 1.82) is 0 Å². The van der Waals surface area contributed by atoms with Crippen molar-refractivity contribution < 1.29 is 32.7 Å². The summed E-state index contributed by atoms with van der Waals surface area (Å²) in [6, 6.07) is 7.45. The number of nitrogens with one attached hydrogen (secondary N) is 2. The number of halogens is 5. The van der Waals surface area contributed by atoms with Crippen LogP contribution in [0, 0.1) is 10.5 Å². The first-order chi connectivity index (χ1) is 19.2. The van der Waals surface area contributed by atoms with Crippen LogP contribution in [0.1, 0.15) is 37.8 Å². The minimum atomic E-state index is -4.70. The Bertz CT molecular complexity index is 1660. The Morgan fingerprint density at radius 2 is 1.93 bits per heavy atom. The first-order valence-electron chi connectivity index (χ1n) is 11.3. The van der Waals surface area contributed by atoms with Gasteiger partial charge in [0.15, 0.2) is 17.6 Å². The zero-order valence-corrected chi connectivity index (χ0v) is 23.8. The number of carbonyl (C=O) groups excluding carboxylic acids is 3. The normalized spacial score (nSPS) is 11.3. The molecule has 0 saturated carbocycles. The van der Waals surface area contributed by atoms with E-state index < -0.39 is 29.8 Å². The van der Waals surface area contributed by atoms with Gasteiger partial charge in [-0.3, -0.25) is 20.0 Å². The van der Waals surface area contributed by atoms with Gasteiger partial charge >= 0.3 is 6.18 Å². The molecule has 0 unspecified atom stereocenters. The number of aromatic nitrogens is 6. The van der Waals surface area contributed by atoms with E-state index in [0.29, 0.717) is 20.3 Å². The topological polar surface area (TPSA) is 163 Å². The van der Waals surface area contributed by atoms with E-state index in [9.17, 15) is 32.7 Å². The van der Waals surface area contributed by atoms with E-state index in [1.165, 1.54) is 24.4 Å². The van der Waals surface area contributed by atoms with Gasteiger partial charge in [-0.15, -0.1) is 5.10 Å². The first kappa shape index (κ1) is 29.7. The fourth-order valence-corrected chi connectivity index (χ4v) is 4.54. The fourth-order valence-electron chi connectivity index (χ4n) is 3.56. The molecule has 2 N–H and O–H groups in total. The summed E-state index contributed by atoms with van der Waals surface area (Å²) < 4.78 is 41.5. The Balaban J connectivity index is 1.73. The lowest BCUT2D eigenvalue weighted by Crippen LogP contribution is -2.49. The second-order valence-electron chi connectivity index (χ2n) is 8.41. The summed E-state index contributed by atoms with van der Waals surface area (Å²) in [4.78, 5) is 41.7. The molecule has 0 saturated heterocycles. The number of anilines is 1. The summed E-state index contributed by atoms with van der Waals surface area (Å²) in [6.45, 7) is 1.34. The Morgan fingerprint density at radius 1 is 1.20 bits per heavy atom. The lowest BCUT2D eigenvalue weighted by Gasteiger charge is -2.22. The highest BCUT2D eigenvalue weighted by Gasteiger charge is 2.34. The number of carboxylic acid groups (broad SMARTS) is 1. The molecule has 0 atom stereocenters. The molecule has 0 fully saturated rings. The molecule has 3 heterocycles. The molecule has 0 aliphatic rings. The monoisotopic (exact) mass is 702 g/mol. The van der Waals surface area contributed by atoms with Crippen molar-refractivity contribution >= 4 is 57.8 Å². The van der Waals surface area contributed by atoms with Crippen LogP contribution in [0.25, 0.3) is 5.82 Å². The maximum absolute atomic E-state index is 13.6. The number of pyridine rings is 1. The highest BCUT2D eigenvalue weighted by molar-refractivity contribution is 14.1. The van der Waals surface area contributed by atoms with Gasteiger partial charge < -0.3 is 15.2 Å². The van der Waals surface area contributed by atoms with Crippen molar-refractivity contribution in [3.05, 3.63) is 79.5 Å². The average Bonchev–Trinajstić information content (AvgIpc) is 3.53. The second-order valence-corrected chi connectivity index (χ2v) is 10.1. The van der Waals surface area contributed by atoms with Crippen LogP contribution in [0.4, 0.5) is 23.7 Å². The quantitative estimate of drug-likeness (QED) is 0.229. The number of rotatable bonds is 6. The number of hydrogen-bond donors (Lipinski definition) is 2. The van der Waals surface area contributed by atoms with E-state index in [0.717, 1.165) is 16.4 Å². The van der Waals surface area contributed by atoms with Gasteiger partial charge in [0, 0.05) is 16.8 Å². The lowest BCUT2D eigenvalue weighted by molar-refractivity contribution is -0.266. The third-order valence-electron chi connectivity index (χ3n) is 5.41. The van der Waals surface area contributed by atoms with E-state index >= 15 is 0 Å². The second kappa shape index (κ2) is 11.7.